The number of unbranched alkanes of at least 4 members (excludes halogenated alkanes) is 8. The molecule has 3 saturated carbocycles. The minimum atomic E-state index is -2.33. The quantitative estimate of drug-likeness (QED) is 0.0336. The van der Waals surface area contributed by atoms with Crippen LogP contribution in [0.2, 0.25) is 0 Å². The molecule has 0 radical (unpaired) electrons. The smallest absolute Gasteiger partial charge is 0.351 e. The number of nitrogens with zero attached hydrogens (tertiary/aromatic N) is 1. The summed E-state index contributed by atoms with van der Waals surface area (Å²) in [4.78, 5) is 67.6. The van der Waals surface area contributed by atoms with Crippen molar-refractivity contribution in [2.24, 2.45) is 46.3 Å². The lowest BCUT2D eigenvalue weighted by Crippen LogP contribution is -2.71. The molecule has 19 heteroatoms. The first-order chi connectivity index (χ1) is 37.4. The number of fused-ring (bicyclic) bond motifs is 5. The van der Waals surface area contributed by atoms with E-state index < -0.39 is 129 Å². The second-order valence-corrected chi connectivity index (χ2v) is 25.8. The normalized spacial score (nSPS) is 40.8. The van der Waals surface area contributed by atoms with Crippen molar-refractivity contribution < 1.29 is 77.6 Å². The minimum Gasteiger partial charge on any atom is -0.466 e. The summed E-state index contributed by atoms with van der Waals surface area (Å²) in [7, 11) is 1.21. The number of methoxy groups -OCH3 is 1. The van der Waals surface area contributed by atoms with Crippen LogP contribution in [0.5, 0.6) is 0 Å². The molecule has 458 valence electrons. The van der Waals surface area contributed by atoms with Crippen molar-refractivity contribution in [2.75, 3.05) is 39.8 Å². The van der Waals surface area contributed by atoms with Gasteiger partial charge in [0.15, 0.2) is 11.5 Å². The number of allylic oxidation sites excluding steroid dienone is 4. The van der Waals surface area contributed by atoms with E-state index in [0.717, 1.165) is 63.9 Å². The van der Waals surface area contributed by atoms with E-state index in [1.54, 1.807) is 34.6 Å². The van der Waals surface area contributed by atoms with Crippen LogP contribution in [0.1, 0.15) is 178 Å². The maximum Gasteiger partial charge on any atom is 0.351 e. The molecule has 8 N–H and O–H groups in total. The van der Waals surface area contributed by atoms with Gasteiger partial charge < -0.3 is 55.5 Å². The fraction of sp³-hybridized carbons (Fsp3) is 0.852. The third-order valence-electron chi connectivity index (χ3n) is 19.9. The molecular formula is C61H101F2N3O14. The van der Waals surface area contributed by atoms with Crippen molar-refractivity contribution in [2.45, 2.75) is 244 Å². The molecule has 5 aliphatic rings. The number of aliphatic hydroxyl groups is 6. The fourth-order valence-electron chi connectivity index (χ4n) is 15.1. The second-order valence-electron chi connectivity index (χ2n) is 25.8. The summed E-state index contributed by atoms with van der Waals surface area (Å²) in [5.74, 6) is -7.12. The highest BCUT2D eigenvalue weighted by molar-refractivity contribution is 6.01. The van der Waals surface area contributed by atoms with Gasteiger partial charge in [0, 0.05) is 67.2 Å². The summed E-state index contributed by atoms with van der Waals surface area (Å²) in [5, 5.41) is 75.0. The van der Waals surface area contributed by atoms with Crippen LogP contribution in [-0.4, -0.2) is 170 Å². The highest BCUT2D eigenvalue weighted by Gasteiger charge is 2.79. The molecule has 4 fully saturated rings. The molecule has 1 heterocycles. The lowest BCUT2D eigenvalue weighted by Gasteiger charge is -2.63. The number of ketones is 1. The number of rotatable bonds is 22. The zero-order chi connectivity index (χ0) is 59.8. The van der Waals surface area contributed by atoms with Crippen molar-refractivity contribution in [1.82, 2.24) is 15.5 Å². The van der Waals surface area contributed by atoms with Gasteiger partial charge in [-0.25, -0.2) is 13.6 Å². The van der Waals surface area contributed by atoms with E-state index in [1.807, 2.05) is 11.8 Å². The highest BCUT2D eigenvalue weighted by atomic mass is 19.1. The van der Waals surface area contributed by atoms with Crippen LogP contribution in [0.4, 0.5) is 8.78 Å². The van der Waals surface area contributed by atoms with Gasteiger partial charge in [0.05, 0.1) is 43.4 Å². The lowest BCUT2D eigenvalue weighted by molar-refractivity contribution is -0.238. The molecule has 1 amide bonds. The van der Waals surface area contributed by atoms with E-state index in [-0.39, 0.29) is 55.9 Å². The zero-order valence-corrected chi connectivity index (χ0v) is 49.9. The van der Waals surface area contributed by atoms with Crippen molar-refractivity contribution in [3.05, 3.63) is 23.8 Å². The topological polar surface area (TPSA) is 262 Å². The Bertz CT molecular complexity index is 2180. The molecule has 0 aromatic carbocycles. The lowest BCUT2D eigenvalue weighted by atomic mass is 9.44. The molecule has 4 aliphatic carbocycles. The van der Waals surface area contributed by atoms with Crippen LogP contribution >= 0.6 is 0 Å². The third-order valence-corrected chi connectivity index (χ3v) is 19.9. The van der Waals surface area contributed by atoms with Gasteiger partial charge in [-0.1, -0.05) is 85.6 Å². The van der Waals surface area contributed by atoms with Crippen LogP contribution in [0, 0.1) is 46.3 Å². The number of nitrogens with one attached hydrogen (secondary N) is 2. The van der Waals surface area contributed by atoms with E-state index in [1.165, 1.54) is 47.0 Å². The first-order valence-corrected chi connectivity index (χ1v) is 30.1. The summed E-state index contributed by atoms with van der Waals surface area (Å²) < 4.78 is 50.8. The Balaban J connectivity index is 0.969. The number of amides is 1. The van der Waals surface area contributed by atoms with Gasteiger partial charge in [0.25, 0.3) is 0 Å². The number of hydrogen-bond donors (Lipinski definition) is 8. The number of carbonyl (C=O) groups is 5. The Kier molecular flexibility index (Phi) is 23.6. The maximum absolute atomic E-state index is 17.7. The van der Waals surface area contributed by atoms with Gasteiger partial charge in [0.1, 0.15) is 24.0 Å². The van der Waals surface area contributed by atoms with Gasteiger partial charge >= 0.3 is 17.9 Å². The van der Waals surface area contributed by atoms with Crippen molar-refractivity contribution >= 4 is 29.6 Å². The number of hydrogen-bond acceptors (Lipinski definition) is 16. The van der Waals surface area contributed by atoms with Crippen LogP contribution in [0.15, 0.2) is 23.8 Å². The molecule has 0 aromatic rings. The average Bonchev–Trinajstić information content (AvgIpc) is 3.65. The number of halogens is 2. The van der Waals surface area contributed by atoms with Crippen molar-refractivity contribution in [3.63, 3.8) is 0 Å². The molecule has 5 rings (SSSR count). The Hall–Kier alpha value is -3.43. The molecule has 3 unspecified atom stereocenters. The molecule has 19 atom stereocenters. The third kappa shape index (κ3) is 14.0. The van der Waals surface area contributed by atoms with E-state index in [9.17, 15) is 54.6 Å². The minimum absolute atomic E-state index is 0.0132. The zero-order valence-electron chi connectivity index (χ0n) is 49.9. The first-order valence-electron chi connectivity index (χ1n) is 30.1. The molecule has 1 saturated heterocycles. The van der Waals surface area contributed by atoms with Gasteiger partial charge in [-0.2, -0.15) is 0 Å². The Morgan fingerprint density at radius 2 is 1.44 bits per heavy atom. The largest absolute Gasteiger partial charge is 0.466 e. The molecule has 0 spiro atoms. The van der Waals surface area contributed by atoms with Gasteiger partial charge in [-0.15, -0.1) is 0 Å². The predicted molar refractivity (Wildman–Crippen MR) is 298 cm³/mol. The summed E-state index contributed by atoms with van der Waals surface area (Å²) in [6.07, 6.45) is 5.21. The van der Waals surface area contributed by atoms with Gasteiger partial charge in [0.2, 0.25) is 11.5 Å². The van der Waals surface area contributed by atoms with E-state index >= 15 is 8.78 Å². The van der Waals surface area contributed by atoms with Gasteiger partial charge in [-0.05, 0) is 122 Å². The second kappa shape index (κ2) is 28.0. The summed E-state index contributed by atoms with van der Waals surface area (Å²) in [6, 6.07) is -0.628. The van der Waals surface area contributed by atoms with Crippen LogP contribution in [0.3, 0.4) is 0 Å². The molecule has 0 bridgehead atoms. The number of carbonyl (C=O) groups excluding carboxylic acids is 5. The molecular weight excluding hydrogens is 1040 g/mol. The molecule has 80 heavy (non-hydrogen) atoms. The Morgan fingerprint density at radius 3 is 2.06 bits per heavy atom. The summed E-state index contributed by atoms with van der Waals surface area (Å²) in [5.41, 5.74) is -10.5. The number of ether oxygens (including phenoxy) is 3. The van der Waals surface area contributed by atoms with Crippen LogP contribution in [0.25, 0.3) is 0 Å². The molecule has 17 nitrogen and oxygen atoms in total. The number of alkyl halides is 2. The number of cyclic esters (lactones) is 1. The van der Waals surface area contributed by atoms with Gasteiger partial charge in [-0.3, -0.25) is 24.1 Å². The standard InChI is InChI=1S/C61H101F2N3O14/c1-12-48-59(10,77)53(73)41(6)66(36-37(2)34-58(9,76)52(72)39(4)51(71)40(5)54(74)79-48)30-22-28-65-49(69)23-20-18-16-14-13-15-17-19-21-27-64-29-25-50(70)80-61(55(75)78-11)38(3)31-43-44-33-46(62)45-32-42(67)24-26-56(45,7)60(44,63)47(68)35-57(43,61)8/h24,26,32,37-41,43-44,46-48,51-53,64,68,71-73,76-77H,12-23,25,27-31,33-36H2,1-11H3,(H,65,69)/t37-,38-,39+,40-,41-,43?,44?,46+,47+,48-,51+,52-,53-,56+,57+,58-,59-,60?,61+/m1/s1. The van der Waals surface area contributed by atoms with E-state index in [0.29, 0.717) is 45.6 Å². The molecule has 1 aliphatic heterocycles. The highest BCUT2D eigenvalue weighted by Crippen LogP contribution is 2.71. The number of aliphatic hydroxyl groups excluding tert-OH is 4. The van der Waals surface area contributed by atoms with Crippen molar-refractivity contribution in [1.29, 1.82) is 0 Å². The van der Waals surface area contributed by atoms with E-state index in [4.69, 9.17) is 14.2 Å². The van der Waals surface area contributed by atoms with Crippen LogP contribution < -0.4 is 10.6 Å². The first kappa shape index (κ1) is 67.4. The monoisotopic (exact) mass is 1140 g/mol. The number of esters is 3. The average molecular weight is 1140 g/mol. The van der Waals surface area contributed by atoms with E-state index in [2.05, 4.69) is 10.6 Å². The fourth-order valence-corrected chi connectivity index (χ4v) is 15.1. The van der Waals surface area contributed by atoms with Crippen LogP contribution in [-0.2, 0) is 38.2 Å². The maximum atomic E-state index is 17.7. The summed E-state index contributed by atoms with van der Waals surface area (Å²) >= 11 is 0. The summed E-state index contributed by atoms with van der Waals surface area (Å²) in [6.45, 7) is 18.6. The SMILES string of the molecule is CC[C@H]1OC(=O)[C@H](C)[C@@H](O)[C@H](C)[C@@H](O)[C@](C)(O)C[C@@H](C)CN(CCCNC(=O)CCCCCCCCCCCNCCC(=O)O[C@]2(C(=O)OC)[C@H](C)CC3C4C[C@H](F)C5=CC(=O)C=C[C@]5(C)C4(F)[C@@H](O)C[C@@]32C)[C@H](C)[C@@H](O)[C@]1(C)O. The van der Waals surface area contributed by atoms with Crippen molar-refractivity contribution in [3.8, 4) is 0 Å². The molecule has 0 aromatic heterocycles. The predicted octanol–water partition coefficient (Wildman–Crippen LogP) is 6.30. The Morgan fingerprint density at radius 1 is 0.812 bits per heavy atom. The Labute approximate surface area is 474 Å².